The summed E-state index contributed by atoms with van der Waals surface area (Å²) in [4.78, 5) is 3.04. The number of phenols is 1. The van der Waals surface area contributed by atoms with Crippen LogP contribution in [0.25, 0.3) is 22.4 Å². The molecule has 0 saturated heterocycles. The number of nitrogens with one attached hydrogen (secondary N) is 1. The minimum Gasteiger partial charge on any atom is -0.507 e. The number of hydrogen-bond donors (Lipinski definition) is 2. The number of halogens is 2. The minimum absolute atomic E-state index is 0.0633. The number of rotatable bonds is 3. The van der Waals surface area contributed by atoms with Crippen LogP contribution in [-0.2, 0) is 0 Å². The quantitative estimate of drug-likeness (QED) is 0.726. The molecule has 0 amide bonds. The van der Waals surface area contributed by atoms with E-state index in [1.54, 1.807) is 31.3 Å². The van der Waals surface area contributed by atoms with Crippen molar-refractivity contribution in [1.29, 1.82) is 0 Å². The maximum atomic E-state index is 13.2. The third kappa shape index (κ3) is 3.08. The van der Waals surface area contributed by atoms with Crippen LogP contribution in [0.15, 0.2) is 42.5 Å². The molecule has 116 valence electrons. The summed E-state index contributed by atoms with van der Waals surface area (Å²) >= 11 is 0. The first kappa shape index (κ1) is 14.8. The SMILES string of the molecule is CNc1ccc(-c2ccc(-c3cc(F)nc(F)c3)cc2O)nn1. The molecular formula is C16H12F2N4O. The van der Waals surface area contributed by atoms with Gasteiger partial charge >= 0.3 is 0 Å². The standard InChI is InChI=1S/C16H12F2N4O/c1-19-16-5-4-12(21-22-16)11-3-2-9(6-13(11)23)10-7-14(17)20-15(18)8-10/h2-8,23H,1H3,(H,19,22). The zero-order chi connectivity index (χ0) is 16.4. The molecule has 0 aliphatic carbocycles. The molecule has 0 atom stereocenters. The van der Waals surface area contributed by atoms with Crippen molar-refractivity contribution in [3.8, 4) is 28.1 Å². The number of hydrogen-bond acceptors (Lipinski definition) is 5. The lowest BCUT2D eigenvalue weighted by Gasteiger charge is -2.08. The zero-order valence-corrected chi connectivity index (χ0v) is 12.1. The fourth-order valence-corrected chi connectivity index (χ4v) is 2.17. The van der Waals surface area contributed by atoms with Crippen LogP contribution in [0.2, 0.25) is 0 Å². The van der Waals surface area contributed by atoms with Gasteiger partial charge in [-0.15, -0.1) is 10.2 Å². The Bertz CT molecular complexity index is 833. The molecule has 0 unspecified atom stereocenters. The molecule has 2 N–H and O–H groups in total. The molecule has 3 rings (SSSR count). The van der Waals surface area contributed by atoms with E-state index >= 15 is 0 Å². The monoisotopic (exact) mass is 314 g/mol. The van der Waals surface area contributed by atoms with Crippen molar-refractivity contribution in [3.05, 3.63) is 54.4 Å². The first-order chi connectivity index (χ1) is 11.1. The third-order valence-electron chi connectivity index (χ3n) is 3.29. The number of anilines is 1. The van der Waals surface area contributed by atoms with E-state index in [9.17, 15) is 13.9 Å². The normalized spacial score (nSPS) is 10.6. The lowest BCUT2D eigenvalue weighted by molar-refractivity contribution is 0.477. The first-order valence-corrected chi connectivity index (χ1v) is 6.75. The van der Waals surface area contributed by atoms with Crippen LogP contribution in [0.3, 0.4) is 0 Å². The Morgan fingerprint density at radius 2 is 1.65 bits per heavy atom. The van der Waals surface area contributed by atoms with E-state index in [1.165, 1.54) is 6.07 Å². The number of benzene rings is 1. The Balaban J connectivity index is 1.99. The second kappa shape index (κ2) is 5.96. The number of aromatic nitrogens is 3. The zero-order valence-electron chi connectivity index (χ0n) is 12.1. The molecule has 5 nitrogen and oxygen atoms in total. The van der Waals surface area contributed by atoms with Gasteiger partial charge in [0.05, 0.1) is 5.69 Å². The van der Waals surface area contributed by atoms with Crippen molar-refractivity contribution in [2.24, 2.45) is 0 Å². The fourth-order valence-electron chi connectivity index (χ4n) is 2.17. The maximum absolute atomic E-state index is 13.2. The van der Waals surface area contributed by atoms with E-state index in [1.807, 2.05) is 0 Å². The van der Waals surface area contributed by atoms with E-state index in [0.29, 0.717) is 22.6 Å². The highest BCUT2D eigenvalue weighted by Crippen LogP contribution is 2.32. The van der Waals surface area contributed by atoms with Crippen molar-refractivity contribution in [2.75, 3.05) is 12.4 Å². The molecule has 1 aromatic carbocycles. The number of aromatic hydroxyl groups is 1. The molecule has 0 aliphatic rings. The van der Waals surface area contributed by atoms with Crippen LogP contribution >= 0.6 is 0 Å². The van der Waals surface area contributed by atoms with E-state index in [4.69, 9.17) is 0 Å². The van der Waals surface area contributed by atoms with Gasteiger partial charge in [-0.3, -0.25) is 0 Å². The number of phenolic OH excluding ortho intramolecular Hbond substituents is 1. The second-order valence-electron chi connectivity index (χ2n) is 4.79. The molecule has 0 radical (unpaired) electrons. The van der Waals surface area contributed by atoms with Gasteiger partial charge in [-0.2, -0.15) is 13.8 Å². The summed E-state index contributed by atoms with van der Waals surface area (Å²) in [6.45, 7) is 0. The molecule has 2 heterocycles. The Kier molecular flexibility index (Phi) is 3.84. The Morgan fingerprint density at radius 3 is 2.22 bits per heavy atom. The van der Waals surface area contributed by atoms with Gasteiger partial charge in [0.25, 0.3) is 0 Å². The summed E-state index contributed by atoms with van der Waals surface area (Å²) in [5.74, 6) is -1.30. The van der Waals surface area contributed by atoms with Crippen LogP contribution in [0.1, 0.15) is 0 Å². The topological polar surface area (TPSA) is 70.9 Å². The summed E-state index contributed by atoms with van der Waals surface area (Å²) in [5.41, 5.74) is 1.71. The maximum Gasteiger partial charge on any atom is 0.216 e. The highest BCUT2D eigenvalue weighted by atomic mass is 19.1. The largest absolute Gasteiger partial charge is 0.507 e. The van der Waals surface area contributed by atoms with Gasteiger partial charge in [-0.05, 0) is 35.4 Å². The molecule has 2 aromatic heterocycles. The van der Waals surface area contributed by atoms with Crippen molar-refractivity contribution in [2.45, 2.75) is 0 Å². The van der Waals surface area contributed by atoms with Crippen LogP contribution in [0, 0.1) is 11.9 Å². The fraction of sp³-hybridized carbons (Fsp3) is 0.0625. The number of pyridine rings is 1. The van der Waals surface area contributed by atoms with Crippen LogP contribution in [0.4, 0.5) is 14.6 Å². The van der Waals surface area contributed by atoms with Crippen molar-refractivity contribution < 1.29 is 13.9 Å². The molecule has 0 fully saturated rings. The van der Waals surface area contributed by atoms with Crippen LogP contribution < -0.4 is 5.32 Å². The van der Waals surface area contributed by atoms with E-state index in [-0.39, 0.29) is 11.3 Å². The van der Waals surface area contributed by atoms with E-state index in [2.05, 4.69) is 20.5 Å². The van der Waals surface area contributed by atoms with Gasteiger partial charge < -0.3 is 10.4 Å². The lowest BCUT2D eigenvalue weighted by Crippen LogP contribution is -1.95. The summed E-state index contributed by atoms with van der Waals surface area (Å²) in [6, 6.07) is 10.3. The average molecular weight is 314 g/mol. The third-order valence-corrected chi connectivity index (χ3v) is 3.29. The predicted octanol–water partition coefficient (Wildman–Crippen LogP) is 3.23. The highest BCUT2D eigenvalue weighted by Gasteiger charge is 2.10. The lowest BCUT2D eigenvalue weighted by atomic mass is 10.0. The van der Waals surface area contributed by atoms with E-state index < -0.39 is 11.9 Å². The molecule has 0 aliphatic heterocycles. The van der Waals surface area contributed by atoms with Crippen molar-refractivity contribution in [1.82, 2.24) is 15.2 Å². The van der Waals surface area contributed by atoms with Gasteiger partial charge in [0.15, 0.2) is 0 Å². The average Bonchev–Trinajstić information content (AvgIpc) is 2.54. The van der Waals surface area contributed by atoms with Crippen molar-refractivity contribution >= 4 is 5.82 Å². The first-order valence-electron chi connectivity index (χ1n) is 6.75. The van der Waals surface area contributed by atoms with Crippen LogP contribution in [-0.4, -0.2) is 27.3 Å². The molecule has 0 bridgehead atoms. The molecule has 3 aromatic rings. The molecular weight excluding hydrogens is 302 g/mol. The van der Waals surface area contributed by atoms with Crippen molar-refractivity contribution in [3.63, 3.8) is 0 Å². The molecule has 0 saturated carbocycles. The molecule has 0 spiro atoms. The van der Waals surface area contributed by atoms with Gasteiger partial charge in [0, 0.05) is 24.7 Å². The number of nitrogens with zero attached hydrogens (tertiary/aromatic N) is 3. The second-order valence-corrected chi connectivity index (χ2v) is 4.79. The summed E-state index contributed by atoms with van der Waals surface area (Å²) < 4.78 is 26.4. The molecule has 23 heavy (non-hydrogen) atoms. The van der Waals surface area contributed by atoms with Gasteiger partial charge in [-0.25, -0.2) is 0 Å². The summed E-state index contributed by atoms with van der Waals surface area (Å²) in [6.07, 6.45) is 0. The highest BCUT2D eigenvalue weighted by molar-refractivity contribution is 5.74. The van der Waals surface area contributed by atoms with Gasteiger partial charge in [0.1, 0.15) is 11.6 Å². The van der Waals surface area contributed by atoms with Gasteiger partial charge in [-0.1, -0.05) is 6.07 Å². The van der Waals surface area contributed by atoms with Crippen LogP contribution in [0.5, 0.6) is 5.75 Å². The summed E-state index contributed by atoms with van der Waals surface area (Å²) in [5, 5.41) is 21.0. The Hall–Kier alpha value is -3.09. The summed E-state index contributed by atoms with van der Waals surface area (Å²) in [7, 11) is 1.73. The molecule has 7 heteroatoms. The smallest absolute Gasteiger partial charge is 0.216 e. The van der Waals surface area contributed by atoms with Gasteiger partial charge in [0.2, 0.25) is 11.9 Å². The predicted molar refractivity (Wildman–Crippen MR) is 81.8 cm³/mol. The Labute approximate surface area is 130 Å². The van der Waals surface area contributed by atoms with E-state index in [0.717, 1.165) is 12.1 Å². The minimum atomic E-state index is -0.919. The Morgan fingerprint density at radius 1 is 0.913 bits per heavy atom.